The molecular weight excluding hydrogens is 609 g/mol. The average Bonchev–Trinajstić information content (AvgIpc) is 3.81. The van der Waals surface area contributed by atoms with Gasteiger partial charge in [-0.05, 0) is 73.2 Å². The highest BCUT2D eigenvalue weighted by atomic mass is 19.1. The van der Waals surface area contributed by atoms with E-state index in [1.807, 2.05) is 6.92 Å². The highest BCUT2D eigenvalue weighted by Gasteiger charge is 2.49. The van der Waals surface area contributed by atoms with Gasteiger partial charge in [0.1, 0.15) is 47.1 Å². The summed E-state index contributed by atoms with van der Waals surface area (Å²) in [5.74, 6) is 0.0671. The summed E-state index contributed by atoms with van der Waals surface area (Å²) in [6, 6.07) is 5.85. The van der Waals surface area contributed by atoms with E-state index in [2.05, 4.69) is 24.8 Å². The maximum absolute atomic E-state index is 16.9. The number of alkyl halides is 1. The molecule has 9 nitrogen and oxygen atoms in total. The van der Waals surface area contributed by atoms with Gasteiger partial charge in [-0.2, -0.15) is 9.97 Å². The predicted molar refractivity (Wildman–Crippen MR) is 170 cm³/mol. The van der Waals surface area contributed by atoms with Crippen LogP contribution in [-0.2, 0) is 6.42 Å². The number of fused-ring (bicyclic) bond motifs is 3. The van der Waals surface area contributed by atoms with Gasteiger partial charge in [0, 0.05) is 43.7 Å². The number of rotatable bonds is 7. The Morgan fingerprint density at radius 2 is 2.00 bits per heavy atom. The Bertz CT molecular complexity index is 1970. The van der Waals surface area contributed by atoms with Crippen molar-refractivity contribution in [2.75, 3.05) is 37.7 Å². The van der Waals surface area contributed by atoms with Crippen LogP contribution in [0.3, 0.4) is 0 Å². The van der Waals surface area contributed by atoms with Crippen LogP contribution < -0.4 is 9.64 Å². The largest absolute Gasteiger partial charge is 0.508 e. The molecule has 3 atom stereocenters. The summed E-state index contributed by atoms with van der Waals surface area (Å²) in [4.78, 5) is 22.3. The summed E-state index contributed by atoms with van der Waals surface area (Å²) >= 11 is 0. The van der Waals surface area contributed by atoms with Gasteiger partial charge in [0.05, 0.1) is 17.1 Å². The highest BCUT2D eigenvalue weighted by Crippen LogP contribution is 2.42. The number of aromatic nitrogens is 4. The molecule has 3 aromatic heterocycles. The number of hydrogen-bond acceptors (Lipinski definition) is 9. The van der Waals surface area contributed by atoms with Crippen molar-refractivity contribution in [2.45, 2.75) is 63.1 Å². The lowest BCUT2D eigenvalue weighted by Crippen LogP contribution is -2.43. The number of pyridine rings is 1. The van der Waals surface area contributed by atoms with E-state index in [0.29, 0.717) is 60.0 Å². The minimum atomic E-state index is -0.922. The van der Waals surface area contributed by atoms with Gasteiger partial charge in [-0.1, -0.05) is 13.0 Å². The molecule has 0 saturated carbocycles. The van der Waals surface area contributed by atoms with E-state index < -0.39 is 23.3 Å². The Morgan fingerprint density at radius 1 is 1.11 bits per heavy atom. The molecule has 12 heteroatoms. The first-order valence-corrected chi connectivity index (χ1v) is 16.3. The van der Waals surface area contributed by atoms with E-state index in [-0.39, 0.29) is 41.1 Å². The second-order valence-electron chi connectivity index (χ2n) is 13.0. The van der Waals surface area contributed by atoms with E-state index in [0.717, 1.165) is 38.0 Å². The number of hydrogen-bond donors (Lipinski definition) is 1. The van der Waals surface area contributed by atoms with Gasteiger partial charge < -0.3 is 19.2 Å². The minimum Gasteiger partial charge on any atom is -0.508 e. The number of piperidine rings is 1. The van der Waals surface area contributed by atoms with Crippen molar-refractivity contribution in [3.63, 3.8) is 0 Å². The number of aromatic hydroxyl groups is 1. The van der Waals surface area contributed by atoms with Gasteiger partial charge in [-0.15, -0.1) is 0 Å². The first-order chi connectivity index (χ1) is 22.8. The van der Waals surface area contributed by atoms with Crippen molar-refractivity contribution >= 4 is 27.5 Å². The van der Waals surface area contributed by atoms with E-state index in [1.165, 1.54) is 30.8 Å². The molecular formula is C35H35F3N6O3. The van der Waals surface area contributed by atoms with Crippen molar-refractivity contribution in [2.24, 2.45) is 0 Å². The number of nitrogens with zero attached hydrogens (tertiary/aromatic N) is 6. The van der Waals surface area contributed by atoms with Crippen molar-refractivity contribution in [1.82, 2.24) is 24.8 Å². The van der Waals surface area contributed by atoms with Crippen LogP contribution in [0.25, 0.3) is 32.9 Å². The Hall–Kier alpha value is -4.45. The maximum atomic E-state index is 16.9. The lowest BCUT2D eigenvalue weighted by Gasteiger charge is -2.33. The zero-order chi connectivity index (χ0) is 32.3. The molecule has 1 unspecified atom stereocenters. The Balaban J connectivity index is 1.26. The first-order valence-electron chi connectivity index (χ1n) is 16.3. The fourth-order valence-electron chi connectivity index (χ4n) is 8.02. The lowest BCUT2D eigenvalue weighted by molar-refractivity contribution is 0.107. The average molecular weight is 645 g/mol. The summed E-state index contributed by atoms with van der Waals surface area (Å²) in [7, 11) is 0. The van der Waals surface area contributed by atoms with E-state index in [4.69, 9.17) is 14.1 Å². The number of phenols is 1. The normalized spacial score (nSPS) is 23.2. The topological polar surface area (TPSA) is 101 Å². The first kappa shape index (κ1) is 29.9. The number of anilines is 1. The van der Waals surface area contributed by atoms with Gasteiger partial charge in [0.15, 0.2) is 12.2 Å². The molecule has 0 radical (unpaired) electrons. The van der Waals surface area contributed by atoms with Gasteiger partial charge >= 0.3 is 6.01 Å². The van der Waals surface area contributed by atoms with E-state index >= 15 is 4.39 Å². The Kier molecular flexibility index (Phi) is 7.42. The van der Waals surface area contributed by atoms with E-state index in [1.54, 1.807) is 12.3 Å². The molecule has 0 amide bonds. The third kappa shape index (κ3) is 5.13. The highest BCUT2D eigenvalue weighted by molar-refractivity contribution is 6.01. The molecule has 0 aliphatic carbocycles. The van der Waals surface area contributed by atoms with Crippen LogP contribution in [0.4, 0.5) is 19.0 Å². The second-order valence-corrected chi connectivity index (χ2v) is 13.0. The monoisotopic (exact) mass is 644 g/mol. The predicted octanol–water partition coefficient (Wildman–Crippen LogP) is 6.72. The number of benzene rings is 2. The van der Waals surface area contributed by atoms with Gasteiger partial charge in [0.25, 0.3) is 0 Å². The molecule has 3 fully saturated rings. The van der Waals surface area contributed by atoms with Crippen LogP contribution in [0.1, 0.15) is 56.3 Å². The molecule has 47 heavy (non-hydrogen) atoms. The molecule has 1 N–H and O–H groups in total. The summed E-state index contributed by atoms with van der Waals surface area (Å²) < 4.78 is 58.3. The third-order valence-corrected chi connectivity index (χ3v) is 10.2. The zero-order valence-corrected chi connectivity index (χ0v) is 26.1. The molecule has 0 spiro atoms. The Labute approximate surface area is 269 Å². The lowest BCUT2D eigenvalue weighted by atomic mass is 9.94. The summed E-state index contributed by atoms with van der Waals surface area (Å²) in [6.45, 7) is 4.43. The maximum Gasteiger partial charge on any atom is 0.319 e. The molecule has 2 aromatic carbocycles. The molecule has 5 aromatic rings. The number of ether oxygens (including phenoxy) is 1. The van der Waals surface area contributed by atoms with Crippen LogP contribution in [0.2, 0.25) is 0 Å². The summed E-state index contributed by atoms with van der Waals surface area (Å²) in [6.07, 6.45) is 7.99. The van der Waals surface area contributed by atoms with Crippen molar-refractivity contribution in [3.8, 4) is 23.0 Å². The second kappa shape index (κ2) is 11.7. The molecule has 8 rings (SSSR count). The molecule has 6 heterocycles. The molecule has 0 bridgehead atoms. The van der Waals surface area contributed by atoms with Crippen molar-refractivity contribution in [3.05, 3.63) is 66.0 Å². The minimum absolute atomic E-state index is 0.00157. The van der Waals surface area contributed by atoms with Crippen LogP contribution in [-0.4, -0.2) is 74.4 Å². The SMILES string of the molecule is CCc1c(F)ccc2cc(O)cc(-c3ncc4c(N5CCCC(c6cnco6)C5)nc(OC[C@@]56CCCN5C[C@H](F)C6)nc4c3F)c12. The van der Waals surface area contributed by atoms with Crippen molar-refractivity contribution < 1.29 is 27.4 Å². The molecule has 3 aliphatic rings. The van der Waals surface area contributed by atoms with Gasteiger partial charge in [0.2, 0.25) is 0 Å². The standard InChI is InChI=1S/C35H35F3N6O3/c1-2-24-27(37)7-6-20-11-23(45)12-25(29(20)24)31-30(38)32-26(14-40-31)33(43-9-3-5-21(16-43)28-15-39-19-47-28)42-34(41-32)46-18-35-8-4-10-44(35)17-22(36)13-35/h6-7,11-12,14-15,19,21-22,45H,2-5,8-10,13,16-18H2,1H3/t21?,22-,35+/m1/s1. The number of aryl methyl sites for hydroxylation is 1. The number of oxazole rings is 1. The van der Waals surface area contributed by atoms with Crippen LogP contribution in [0.15, 0.2) is 47.5 Å². The number of halogens is 3. The molecule has 3 saturated heterocycles. The fourth-order valence-corrected chi connectivity index (χ4v) is 8.02. The van der Waals surface area contributed by atoms with Crippen LogP contribution >= 0.6 is 0 Å². The van der Waals surface area contributed by atoms with Crippen molar-refractivity contribution in [1.29, 1.82) is 0 Å². The smallest absolute Gasteiger partial charge is 0.319 e. The van der Waals surface area contributed by atoms with Gasteiger partial charge in [-0.3, -0.25) is 9.88 Å². The quantitative estimate of drug-likeness (QED) is 0.207. The van der Waals surface area contributed by atoms with Gasteiger partial charge in [-0.25, -0.2) is 18.2 Å². The third-order valence-electron chi connectivity index (χ3n) is 10.2. The summed E-state index contributed by atoms with van der Waals surface area (Å²) in [5, 5.41) is 12.0. The molecule has 3 aliphatic heterocycles. The summed E-state index contributed by atoms with van der Waals surface area (Å²) in [5.41, 5.74) is 0.161. The fraction of sp³-hybridized carbons (Fsp3) is 0.429. The molecule has 244 valence electrons. The van der Waals surface area contributed by atoms with E-state index in [9.17, 15) is 13.9 Å². The zero-order valence-electron chi connectivity index (χ0n) is 26.1. The number of phenolic OH excluding ortho intramolecular Hbond substituents is 1. The van der Waals surface area contributed by atoms with Crippen LogP contribution in [0.5, 0.6) is 11.8 Å². The van der Waals surface area contributed by atoms with Crippen LogP contribution in [0, 0.1) is 11.6 Å². The Morgan fingerprint density at radius 3 is 2.83 bits per heavy atom.